The molecule has 20 nitrogen and oxygen atoms in total. The molecule has 0 spiro atoms. The molecule has 20 heteroatoms. The smallest absolute Gasteiger partial charge is 0.410 e. The zero-order chi connectivity index (χ0) is 60.5. The summed E-state index contributed by atoms with van der Waals surface area (Å²) in [5.41, 5.74) is 1.07. The van der Waals surface area contributed by atoms with Gasteiger partial charge >= 0.3 is 12.1 Å². The van der Waals surface area contributed by atoms with Gasteiger partial charge in [0.05, 0.1) is 18.1 Å². The molecular weight excluding hydrogens is 1020 g/mol. The molecule has 1 fully saturated rings. The number of nitrogens with zero attached hydrogens (tertiary/aromatic N) is 3. The predicted octanol–water partition coefficient (Wildman–Crippen LogP) is 6.40. The molecule has 1 unspecified atom stereocenters. The third-order valence-corrected chi connectivity index (χ3v) is 15.3. The van der Waals surface area contributed by atoms with Gasteiger partial charge in [-0.2, -0.15) is 0 Å². The van der Waals surface area contributed by atoms with Gasteiger partial charge in [0.2, 0.25) is 41.4 Å². The van der Waals surface area contributed by atoms with Gasteiger partial charge in [-0.1, -0.05) is 139 Å². The average molecular weight is 1120 g/mol. The van der Waals surface area contributed by atoms with E-state index in [4.69, 9.17) is 9.47 Å². The first kappa shape index (κ1) is 67.7. The van der Waals surface area contributed by atoms with Crippen LogP contribution < -0.4 is 26.6 Å². The third-order valence-electron chi connectivity index (χ3n) is 15.3. The Morgan fingerprint density at radius 1 is 0.700 bits per heavy atom. The molecular formula is C60H94N8O12. The van der Waals surface area contributed by atoms with Crippen LogP contribution >= 0.6 is 0 Å². The Morgan fingerprint density at radius 2 is 1.30 bits per heavy atom. The van der Waals surface area contributed by atoms with Crippen molar-refractivity contribution in [3.63, 3.8) is 0 Å². The Labute approximate surface area is 475 Å². The van der Waals surface area contributed by atoms with Crippen molar-refractivity contribution in [2.45, 2.75) is 184 Å². The minimum atomic E-state index is -1.16. The summed E-state index contributed by atoms with van der Waals surface area (Å²) in [6.07, 6.45) is 0.647. The number of anilines is 1. The van der Waals surface area contributed by atoms with Crippen LogP contribution in [0.4, 0.5) is 10.5 Å². The minimum Gasteiger partial charge on any atom is -0.480 e. The number of nitrogens with one attached hydrogen (secondary N) is 5. The molecule has 0 radical (unpaired) electrons. The van der Waals surface area contributed by atoms with E-state index in [1.807, 2.05) is 40.7 Å². The molecule has 1 aliphatic heterocycles. The molecule has 0 aliphatic carbocycles. The van der Waals surface area contributed by atoms with E-state index in [1.54, 1.807) is 121 Å². The van der Waals surface area contributed by atoms with Crippen LogP contribution in [0, 0.1) is 40.9 Å². The first-order valence-electron chi connectivity index (χ1n) is 28.2. The molecule has 0 bridgehead atoms. The molecule has 0 aromatic heterocycles. The summed E-state index contributed by atoms with van der Waals surface area (Å²) < 4.78 is 11.6. The Balaban J connectivity index is 1.66. The van der Waals surface area contributed by atoms with Crippen LogP contribution in [0.3, 0.4) is 0 Å². The lowest BCUT2D eigenvalue weighted by molar-refractivity contribution is -0.145. The Morgan fingerprint density at radius 3 is 1.82 bits per heavy atom. The lowest BCUT2D eigenvalue weighted by atomic mass is 9.84. The number of methoxy groups -OCH3 is 1. The van der Waals surface area contributed by atoms with Crippen molar-refractivity contribution in [2.24, 2.45) is 40.9 Å². The molecule has 11 atom stereocenters. The number of carboxylic acids is 1. The number of hydrogen-bond acceptors (Lipinski definition) is 11. The van der Waals surface area contributed by atoms with Crippen molar-refractivity contribution in [1.29, 1.82) is 0 Å². The number of amides is 8. The van der Waals surface area contributed by atoms with Crippen LogP contribution in [0.5, 0.6) is 0 Å². The molecule has 80 heavy (non-hydrogen) atoms. The van der Waals surface area contributed by atoms with E-state index in [-0.39, 0.29) is 60.8 Å². The van der Waals surface area contributed by atoms with E-state index < -0.39 is 101 Å². The Kier molecular flexibility index (Phi) is 26.1. The molecule has 3 rings (SSSR count). The molecule has 8 amide bonds. The SMILES string of the molecule is CC[C@H](C)C([C@H](C)CC(=O)N1CCC[C@H]1[C@H](OC)[C@@H](C)C(=O)N[C@@H](Cc1ccccc1)C(=O)O)N(C)C(=O)[C@@H](NC(=O)[C@H](C(C)C)N(C)C(=O)OCc1ccc(NC(=O)[C@H](C)NC(=O)[C@@H](NC(=O)C(C)(C)C)C(C)C)cc1)C(C)C. The first-order chi connectivity index (χ1) is 37.4. The summed E-state index contributed by atoms with van der Waals surface area (Å²) >= 11 is 0. The van der Waals surface area contributed by atoms with Gasteiger partial charge in [-0.3, -0.25) is 38.5 Å². The topological polar surface area (TPSA) is 262 Å². The average Bonchev–Trinajstić information content (AvgIpc) is 3.88. The van der Waals surface area contributed by atoms with E-state index in [2.05, 4.69) is 26.6 Å². The lowest BCUT2D eigenvalue weighted by Crippen LogP contribution is -2.59. The number of likely N-dealkylation sites (tertiary alicyclic amines) is 1. The van der Waals surface area contributed by atoms with Crippen LogP contribution in [0.15, 0.2) is 54.6 Å². The maximum Gasteiger partial charge on any atom is 0.410 e. The van der Waals surface area contributed by atoms with Gasteiger partial charge in [0.15, 0.2) is 0 Å². The highest BCUT2D eigenvalue weighted by molar-refractivity contribution is 5.98. The van der Waals surface area contributed by atoms with Crippen LogP contribution in [0.1, 0.15) is 134 Å². The van der Waals surface area contributed by atoms with Gasteiger partial charge in [-0.25, -0.2) is 9.59 Å². The van der Waals surface area contributed by atoms with Gasteiger partial charge in [0.1, 0.15) is 36.8 Å². The monoisotopic (exact) mass is 1120 g/mol. The second-order valence-electron chi connectivity index (χ2n) is 23.8. The first-order valence-corrected chi connectivity index (χ1v) is 28.2. The Hall–Kier alpha value is -6.57. The van der Waals surface area contributed by atoms with Crippen LogP contribution in [0.2, 0.25) is 0 Å². The fourth-order valence-electron chi connectivity index (χ4n) is 10.3. The van der Waals surface area contributed by atoms with Crippen LogP contribution in [-0.2, 0) is 60.9 Å². The molecule has 1 saturated heterocycles. The number of benzene rings is 2. The van der Waals surface area contributed by atoms with Crippen molar-refractivity contribution >= 4 is 59.1 Å². The van der Waals surface area contributed by atoms with E-state index >= 15 is 0 Å². The lowest BCUT2D eigenvalue weighted by Gasteiger charge is -2.40. The molecule has 1 aliphatic rings. The number of carbonyl (C=O) groups is 9. The summed E-state index contributed by atoms with van der Waals surface area (Å²) in [5, 5.41) is 23.8. The molecule has 2 aromatic carbocycles. The maximum atomic E-state index is 14.7. The summed E-state index contributed by atoms with van der Waals surface area (Å²) in [5.74, 6) is -6.14. The van der Waals surface area contributed by atoms with Gasteiger partial charge in [0, 0.05) is 57.7 Å². The number of aliphatic carboxylic acids is 1. The second-order valence-corrected chi connectivity index (χ2v) is 23.8. The highest BCUT2D eigenvalue weighted by Gasteiger charge is 2.43. The van der Waals surface area contributed by atoms with E-state index in [0.717, 1.165) is 5.56 Å². The maximum absolute atomic E-state index is 14.7. The number of rotatable bonds is 28. The second kappa shape index (κ2) is 30.9. The van der Waals surface area contributed by atoms with Crippen molar-refractivity contribution in [2.75, 3.05) is 33.1 Å². The quantitative estimate of drug-likeness (QED) is 0.0541. The van der Waals surface area contributed by atoms with Crippen LogP contribution in [-0.4, -0.2) is 149 Å². The number of ether oxygens (including phenoxy) is 2. The van der Waals surface area contributed by atoms with E-state index in [9.17, 15) is 48.3 Å². The molecule has 1 heterocycles. The van der Waals surface area contributed by atoms with Gasteiger partial charge < -0.3 is 51.0 Å². The van der Waals surface area contributed by atoms with Crippen molar-refractivity contribution in [1.82, 2.24) is 36.0 Å². The van der Waals surface area contributed by atoms with E-state index in [1.165, 1.54) is 26.0 Å². The van der Waals surface area contributed by atoms with Crippen molar-refractivity contribution < 1.29 is 57.7 Å². The number of carbonyl (C=O) groups excluding carboxylic acids is 8. The highest BCUT2D eigenvalue weighted by Crippen LogP contribution is 2.31. The zero-order valence-electron chi connectivity index (χ0n) is 50.5. The fraction of sp³-hybridized carbons (Fsp3) is 0.650. The number of hydrogen-bond donors (Lipinski definition) is 6. The van der Waals surface area contributed by atoms with Gasteiger partial charge in [0.25, 0.3) is 0 Å². The molecule has 0 saturated carbocycles. The number of likely N-dealkylation sites (N-methyl/N-ethyl adjacent to an activating group) is 2. The minimum absolute atomic E-state index is 0.0562. The van der Waals surface area contributed by atoms with Gasteiger partial charge in [-0.05, 0) is 72.6 Å². The third kappa shape index (κ3) is 19.0. The zero-order valence-corrected chi connectivity index (χ0v) is 50.5. The largest absolute Gasteiger partial charge is 0.480 e. The molecule has 6 N–H and O–H groups in total. The summed E-state index contributed by atoms with van der Waals surface area (Å²) in [4.78, 5) is 126. The number of carboxylic acid groups (broad SMARTS) is 1. The predicted molar refractivity (Wildman–Crippen MR) is 306 cm³/mol. The van der Waals surface area contributed by atoms with Crippen molar-refractivity contribution in [3.8, 4) is 0 Å². The fourth-order valence-corrected chi connectivity index (χ4v) is 10.3. The Bertz CT molecular complexity index is 2410. The summed E-state index contributed by atoms with van der Waals surface area (Å²) in [6.45, 7) is 25.5. The van der Waals surface area contributed by atoms with Crippen LogP contribution in [0.25, 0.3) is 0 Å². The molecule has 2 aromatic rings. The molecule has 446 valence electrons. The summed E-state index contributed by atoms with van der Waals surface area (Å²) in [6, 6.07) is 9.78. The summed E-state index contributed by atoms with van der Waals surface area (Å²) in [7, 11) is 4.63. The standard InChI is InChI=1S/C60H94N8O12/c1-18-37(8)50(38(9)31-46(69)68-30-22-25-45(68)51(79-17)39(10)52(70)63-44(57(75)76)32-41-23-20-19-21-24-41)66(15)56(74)48(35(4)5)64-55(73)49(36(6)7)67(16)59(78)80-33-42-26-28-43(29-27-42)62-53(71)40(11)61-54(72)47(34(2)3)65-58(77)60(12,13)14/h19-21,23-24,26-29,34-40,44-45,47-51H,18,22,25,30-33H2,1-17H3,(H,61,72)(H,62,71)(H,63,70)(H,64,73)(H,65,77)(H,75,76)/t37-,38+,39+,40-,44-,45-,47-,48-,49-,50?,51+/m0/s1. The van der Waals surface area contributed by atoms with E-state index in [0.29, 0.717) is 37.1 Å². The van der Waals surface area contributed by atoms with Gasteiger partial charge in [-0.15, -0.1) is 0 Å². The van der Waals surface area contributed by atoms with Crippen molar-refractivity contribution in [3.05, 3.63) is 65.7 Å². The highest BCUT2D eigenvalue weighted by atomic mass is 16.6. The normalized spacial score (nSPS) is 17.4.